The Hall–Kier alpha value is -3.34. The van der Waals surface area contributed by atoms with Crippen molar-refractivity contribution in [2.24, 2.45) is 0 Å². The Morgan fingerprint density at radius 1 is 1.03 bits per heavy atom. The van der Waals surface area contributed by atoms with Crippen molar-refractivity contribution in [3.05, 3.63) is 59.2 Å². The van der Waals surface area contributed by atoms with E-state index >= 15 is 0 Å². The average molecular weight is 436 g/mol. The van der Waals surface area contributed by atoms with Crippen molar-refractivity contribution in [3.8, 4) is 17.6 Å². The Balaban J connectivity index is 2.03. The largest absolute Gasteiger partial charge is 0.497 e. The number of hydrogen-bond donors (Lipinski definition) is 1. The fraction of sp³-hybridized carbons (Fsp3) is 0.360. The smallest absolute Gasteiger partial charge is 0.147 e. The maximum atomic E-state index is 9.29. The van der Waals surface area contributed by atoms with E-state index in [2.05, 4.69) is 11.4 Å². The van der Waals surface area contributed by atoms with E-state index in [4.69, 9.17) is 23.9 Å². The lowest BCUT2D eigenvalue weighted by atomic mass is 9.92. The number of nitriles is 1. The average Bonchev–Trinajstić information content (AvgIpc) is 2.81. The lowest BCUT2D eigenvalue weighted by Crippen LogP contribution is -2.24. The maximum absolute atomic E-state index is 9.29. The third-order valence-corrected chi connectivity index (χ3v) is 5.33. The van der Waals surface area contributed by atoms with E-state index < -0.39 is 5.60 Å². The first-order valence-electron chi connectivity index (χ1n) is 10.3. The summed E-state index contributed by atoms with van der Waals surface area (Å²) in [5, 5.41) is 13.6. The number of methoxy groups -OCH3 is 3. The zero-order valence-electron chi connectivity index (χ0n) is 19.2. The first-order valence-corrected chi connectivity index (χ1v) is 10.3. The lowest BCUT2D eigenvalue weighted by molar-refractivity contribution is -0.117. The van der Waals surface area contributed by atoms with E-state index in [9.17, 15) is 5.26 Å². The molecular formula is C25H29N3O4. The van der Waals surface area contributed by atoms with Crippen LogP contribution in [-0.2, 0) is 28.0 Å². The summed E-state index contributed by atoms with van der Waals surface area (Å²) in [6, 6.07) is 15.8. The molecule has 1 heterocycles. The molecule has 3 aromatic rings. The standard InChI is InChI=1S/C25H29N3O4/c1-25(2,32-16-29-3)21-14-23(28-24-17(11-12-26)7-6-8-20(21)24)27-15-18-9-10-19(30-4)13-22(18)31-5/h6-10,13-14H,11,15-16H2,1-5H3,(H,27,28). The molecule has 168 valence electrons. The summed E-state index contributed by atoms with van der Waals surface area (Å²) in [5.41, 5.74) is 2.96. The van der Waals surface area contributed by atoms with Gasteiger partial charge in [0.05, 0.1) is 37.8 Å². The number of para-hydroxylation sites is 1. The van der Waals surface area contributed by atoms with E-state index in [0.29, 0.717) is 12.4 Å². The van der Waals surface area contributed by atoms with Crippen molar-refractivity contribution in [1.82, 2.24) is 4.98 Å². The van der Waals surface area contributed by atoms with Crippen LogP contribution in [0.5, 0.6) is 11.5 Å². The van der Waals surface area contributed by atoms with Gasteiger partial charge in [-0.05, 0) is 43.2 Å². The molecule has 32 heavy (non-hydrogen) atoms. The molecule has 0 aliphatic carbocycles. The molecule has 0 saturated heterocycles. The second kappa shape index (κ2) is 10.3. The van der Waals surface area contributed by atoms with Crippen LogP contribution in [0.4, 0.5) is 5.82 Å². The topological polar surface area (TPSA) is 85.6 Å². The van der Waals surface area contributed by atoms with Crippen LogP contribution in [0.2, 0.25) is 0 Å². The molecule has 1 aromatic heterocycles. The van der Waals surface area contributed by atoms with Gasteiger partial charge in [-0.25, -0.2) is 4.98 Å². The summed E-state index contributed by atoms with van der Waals surface area (Å²) in [5.74, 6) is 2.14. The van der Waals surface area contributed by atoms with Crippen molar-refractivity contribution < 1.29 is 18.9 Å². The molecule has 0 unspecified atom stereocenters. The Morgan fingerprint density at radius 3 is 2.53 bits per heavy atom. The van der Waals surface area contributed by atoms with Crippen LogP contribution in [0, 0.1) is 11.3 Å². The minimum absolute atomic E-state index is 0.167. The summed E-state index contributed by atoms with van der Waals surface area (Å²) >= 11 is 0. The van der Waals surface area contributed by atoms with Gasteiger partial charge >= 0.3 is 0 Å². The molecule has 0 aliphatic rings. The zero-order valence-corrected chi connectivity index (χ0v) is 19.2. The van der Waals surface area contributed by atoms with Crippen LogP contribution >= 0.6 is 0 Å². The molecule has 0 bridgehead atoms. The molecule has 0 radical (unpaired) electrons. The van der Waals surface area contributed by atoms with Gasteiger partial charge in [0.1, 0.15) is 24.1 Å². The number of hydrogen-bond acceptors (Lipinski definition) is 7. The SMILES string of the molecule is COCOC(C)(C)c1cc(NCc2ccc(OC)cc2OC)nc2c(CC#N)cccc12. The van der Waals surface area contributed by atoms with Crippen molar-refractivity contribution in [1.29, 1.82) is 5.26 Å². The van der Waals surface area contributed by atoms with Crippen LogP contribution in [0.15, 0.2) is 42.5 Å². The fourth-order valence-electron chi connectivity index (χ4n) is 3.59. The number of ether oxygens (including phenoxy) is 4. The van der Waals surface area contributed by atoms with Gasteiger partial charge in [-0.3, -0.25) is 0 Å². The number of nitrogens with one attached hydrogen (secondary N) is 1. The zero-order chi connectivity index (χ0) is 23.1. The molecule has 1 N–H and O–H groups in total. The maximum Gasteiger partial charge on any atom is 0.147 e. The molecule has 0 aliphatic heterocycles. The molecule has 0 amide bonds. The first-order chi connectivity index (χ1) is 15.4. The van der Waals surface area contributed by atoms with Gasteiger partial charge < -0.3 is 24.3 Å². The van der Waals surface area contributed by atoms with Gasteiger partial charge in [0.25, 0.3) is 0 Å². The monoisotopic (exact) mass is 435 g/mol. The summed E-state index contributed by atoms with van der Waals surface area (Å²) in [4.78, 5) is 4.84. The first kappa shape index (κ1) is 23.3. The van der Waals surface area contributed by atoms with Gasteiger partial charge in [-0.15, -0.1) is 0 Å². The molecule has 2 aromatic carbocycles. The van der Waals surface area contributed by atoms with Gasteiger partial charge in [-0.2, -0.15) is 5.26 Å². The van der Waals surface area contributed by atoms with Crippen LogP contribution in [-0.4, -0.2) is 33.1 Å². The van der Waals surface area contributed by atoms with Gasteiger partial charge in [0.2, 0.25) is 0 Å². The third-order valence-electron chi connectivity index (χ3n) is 5.33. The summed E-state index contributed by atoms with van der Waals surface area (Å²) < 4.78 is 21.9. The molecule has 7 heteroatoms. The molecule has 0 spiro atoms. The van der Waals surface area contributed by atoms with E-state index in [1.54, 1.807) is 21.3 Å². The fourth-order valence-corrected chi connectivity index (χ4v) is 3.59. The summed E-state index contributed by atoms with van der Waals surface area (Å²) in [6.07, 6.45) is 0.277. The number of aromatic nitrogens is 1. The molecule has 0 saturated carbocycles. The number of anilines is 1. The van der Waals surface area contributed by atoms with E-state index in [0.717, 1.165) is 39.1 Å². The number of rotatable bonds is 10. The normalized spacial score (nSPS) is 11.2. The number of benzene rings is 2. The van der Waals surface area contributed by atoms with Gasteiger partial charge in [-0.1, -0.05) is 18.2 Å². The molecule has 0 atom stereocenters. The number of pyridine rings is 1. The second-order valence-electron chi connectivity index (χ2n) is 7.80. The van der Waals surface area contributed by atoms with E-state index in [1.807, 2.05) is 56.3 Å². The quantitative estimate of drug-likeness (QED) is 0.458. The predicted octanol–water partition coefficient (Wildman–Crippen LogP) is 4.79. The second-order valence-corrected chi connectivity index (χ2v) is 7.80. The highest BCUT2D eigenvalue weighted by molar-refractivity contribution is 5.87. The summed E-state index contributed by atoms with van der Waals surface area (Å²) in [6.45, 7) is 4.66. The Kier molecular flexibility index (Phi) is 7.52. The Labute approximate surface area is 188 Å². The highest BCUT2D eigenvalue weighted by Crippen LogP contribution is 2.34. The molecule has 7 nitrogen and oxygen atoms in total. The summed E-state index contributed by atoms with van der Waals surface area (Å²) in [7, 11) is 4.86. The van der Waals surface area contributed by atoms with Gasteiger partial charge in [0, 0.05) is 30.7 Å². The van der Waals surface area contributed by atoms with E-state index in [-0.39, 0.29) is 13.2 Å². The van der Waals surface area contributed by atoms with Crippen LogP contribution in [0.3, 0.4) is 0 Å². The number of nitrogens with zero attached hydrogens (tertiary/aromatic N) is 2. The predicted molar refractivity (Wildman–Crippen MR) is 124 cm³/mol. The van der Waals surface area contributed by atoms with Crippen LogP contribution in [0.25, 0.3) is 10.9 Å². The minimum Gasteiger partial charge on any atom is -0.497 e. The van der Waals surface area contributed by atoms with E-state index in [1.165, 1.54) is 0 Å². The van der Waals surface area contributed by atoms with Crippen molar-refractivity contribution >= 4 is 16.7 Å². The minimum atomic E-state index is -0.628. The number of fused-ring (bicyclic) bond motifs is 1. The molecular weight excluding hydrogens is 406 g/mol. The molecule has 0 fully saturated rings. The van der Waals surface area contributed by atoms with Crippen molar-refractivity contribution in [3.63, 3.8) is 0 Å². The van der Waals surface area contributed by atoms with Crippen molar-refractivity contribution in [2.75, 3.05) is 33.4 Å². The lowest BCUT2D eigenvalue weighted by Gasteiger charge is -2.27. The molecule has 3 rings (SSSR count). The van der Waals surface area contributed by atoms with Gasteiger partial charge in [0.15, 0.2) is 0 Å². The third kappa shape index (κ3) is 5.10. The highest BCUT2D eigenvalue weighted by Gasteiger charge is 2.26. The highest BCUT2D eigenvalue weighted by atomic mass is 16.7. The van der Waals surface area contributed by atoms with Crippen molar-refractivity contribution in [2.45, 2.75) is 32.4 Å². The van der Waals surface area contributed by atoms with Crippen LogP contribution < -0.4 is 14.8 Å². The Bertz CT molecular complexity index is 1120. The van der Waals surface area contributed by atoms with Crippen LogP contribution in [0.1, 0.15) is 30.5 Å². The Morgan fingerprint density at radius 2 is 1.84 bits per heavy atom.